The van der Waals surface area contributed by atoms with Crippen LogP contribution in [0.3, 0.4) is 0 Å². The zero-order chi connectivity index (χ0) is 18.5. The maximum Gasteiger partial charge on any atom is 0.408 e. The van der Waals surface area contributed by atoms with Crippen LogP contribution >= 0.6 is 0 Å². The van der Waals surface area contributed by atoms with Crippen LogP contribution < -0.4 is 0 Å². The first-order valence-electron chi connectivity index (χ1n) is 9.06. The Labute approximate surface area is 151 Å². The Morgan fingerprint density at radius 1 is 1.35 bits per heavy atom. The highest BCUT2D eigenvalue weighted by molar-refractivity contribution is 5.68. The van der Waals surface area contributed by atoms with Crippen molar-refractivity contribution in [2.45, 2.75) is 50.3 Å². The van der Waals surface area contributed by atoms with Crippen LogP contribution in [0.1, 0.15) is 44.3 Å². The first-order chi connectivity index (χ1) is 12.4. The molecule has 26 heavy (non-hydrogen) atoms. The highest BCUT2D eigenvalue weighted by Crippen LogP contribution is 2.57. The van der Waals surface area contributed by atoms with Gasteiger partial charge in [0, 0.05) is 24.2 Å². The van der Waals surface area contributed by atoms with Crippen LogP contribution in [0, 0.1) is 11.7 Å². The number of benzene rings is 1. The van der Waals surface area contributed by atoms with Crippen LogP contribution in [-0.2, 0) is 0 Å². The van der Waals surface area contributed by atoms with Crippen LogP contribution in [0.15, 0.2) is 28.5 Å². The quantitative estimate of drug-likeness (QED) is 0.803. The topological polar surface area (TPSA) is 88.7 Å². The first-order valence-corrected chi connectivity index (χ1v) is 9.06. The highest BCUT2D eigenvalue weighted by Gasteiger charge is 2.63. The molecule has 5 rings (SSSR count). The lowest BCUT2D eigenvalue weighted by Gasteiger charge is -2.37. The number of nitrogens with zero attached hydrogens (tertiary/aromatic N) is 4. The zero-order valence-corrected chi connectivity index (χ0v) is 14.7. The zero-order valence-electron chi connectivity index (χ0n) is 14.7. The Kier molecular flexibility index (Phi) is 4.10. The summed E-state index contributed by atoms with van der Waals surface area (Å²) in [5, 5.41) is 30.2. The fourth-order valence-electron chi connectivity index (χ4n) is 4.76. The molecule has 1 aromatic rings. The number of hydrogen-bond acceptors (Lipinski definition) is 4. The molecule has 0 aromatic heterocycles. The molecule has 1 unspecified atom stereocenters. The molecule has 4 fully saturated rings. The summed E-state index contributed by atoms with van der Waals surface area (Å²) in [5.41, 5.74) is -0.312. The molecular weight excluding hydrogens is 339 g/mol. The molecule has 3 saturated heterocycles. The van der Waals surface area contributed by atoms with Gasteiger partial charge in [-0.1, -0.05) is 17.4 Å². The second-order valence-corrected chi connectivity index (χ2v) is 7.78. The van der Waals surface area contributed by atoms with E-state index in [1.807, 2.05) is 6.92 Å². The van der Waals surface area contributed by atoms with Crippen LogP contribution in [0.25, 0.3) is 0 Å². The predicted octanol–water partition coefficient (Wildman–Crippen LogP) is 3.48. The molecule has 1 amide bonds. The Bertz CT molecular complexity index is 744. The van der Waals surface area contributed by atoms with E-state index in [1.165, 1.54) is 17.0 Å². The Morgan fingerprint density at radius 3 is 2.69 bits per heavy atom. The van der Waals surface area contributed by atoms with Crippen molar-refractivity contribution in [3.8, 4) is 0 Å². The number of fused-ring (bicyclic) bond motifs is 1. The molecule has 7 nitrogen and oxygen atoms in total. The molecule has 3 heterocycles. The summed E-state index contributed by atoms with van der Waals surface area (Å²) in [6.07, 6.45) is 1.22. The van der Waals surface area contributed by atoms with Crippen molar-refractivity contribution in [3.05, 3.63) is 29.6 Å². The molecule has 1 saturated carbocycles. The molecular formula is C18H23FN4O3. The average Bonchev–Trinajstić information content (AvgIpc) is 3.25. The van der Waals surface area contributed by atoms with Crippen LogP contribution in [-0.4, -0.2) is 50.9 Å². The molecule has 0 radical (unpaired) electrons. The van der Waals surface area contributed by atoms with Crippen LogP contribution in [0.5, 0.6) is 0 Å². The minimum Gasteiger partial charge on any atom is -0.465 e. The van der Waals surface area contributed by atoms with E-state index in [-0.39, 0.29) is 17.2 Å². The number of carboxylic acid groups (broad SMARTS) is 1. The van der Waals surface area contributed by atoms with Gasteiger partial charge in [0.15, 0.2) is 5.82 Å². The largest absolute Gasteiger partial charge is 0.465 e. The second-order valence-electron chi connectivity index (χ2n) is 7.78. The van der Waals surface area contributed by atoms with E-state index in [0.29, 0.717) is 12.8 Å². The average molecular weight is 362 g/mol. The SMILES string of the molecule is CC12CC(C1)C([C@H](O)c1cccc(N=NN3CCCC3)c1F)N2C(=O)O. The van der Waals surface area contributed by atoms with E-state index >= 15 is 0 Å². The minimum absolute atomic E-state index is 0.0559. The van der Waals surface area contributed by atoms with Gasteiger partial charge in [-0.05, 0) is 44.6 Å². The van der Waals surface area contributed by atoms with Gasteiger partial charge in [-0.3, -0.25) is 9.91 Å². The Hall–Kier alpha value is -2.22. The molecule has 0 spiro atoms. The summed E-state index contributed by atoms with van der Waals surface area (Å²) in [5.74, 6) is -0.581. The normalized spacial score (nSPS) is 31.5. The van der Waals surface area contributed by atoms with Crippen molar-refractivity contribution in [3.63, 3.8) is 0 Å². The molecule has 3 aliphatic heterocycles. The van der Waals surface area contributed by atoms with Crippen molar-refractivity contribution in [1.29, 1.82) is 0 Å². The van der Waals surface area contributed by atoms with Crippen molar-refractivity contribution >= 4 is 11.8 Å². The van der Waals surface area contributed by atoms with Crippen LogP contribution in [0.4, 0.5) is 14.9 Å². The van der Waals surface area contributed by atoms with Gasteiger partial charge in [0.25, 0.3) is 0 Å². The van der Waals surface area contributed by atoms with Gasteiger partial charge >= 0.3 is 6.09 Å². The van der Waals surface area contributed by atoms with Gasteiger partial charge in [-0.15, -0.1) is 5.11 Å². The molecule has 1 aromatic carbocycles. The third kappa shape index (κ3) is 2.63. The minimum atomic E-state index is -1.22. The number of amides is 1. The predicted molar refractivity (Wildman–Crippen MR) is 91.5 cm³/mol. The third-order valence-electron chi connectivity index (χ3n) is 5.98. The smallest absolute Gasteiger partial charge is 0.408 e. The molecule has 140 valence electrons. The summed E-state index contributed by atoms with van der Waals surface area (Å²) in [6.45, 7) is 3.49. The van der Waals surface area contributed by atoms with E-state index in [0.717, 1.165) is 25.9 Å². The lowest BCUT2D eigenvalue weighted by Crippen LogP contribution is -2.47. The molecule has 2 N–H and O–H groups in total. The monoisotopic (exact) mass is 362 g/mol. The number of aliphatic hydroxyl groups is 1. The van der Waals surface area contributed by atoms with Crippen LogP contribution in [0.2, 0.25) is 0 Å². The lowest BCUT2D eigenvalue weighted by atomic mass is 9.72. The number of rotatable bonds is 4. The van der Waals surface area contributed by atoms with Gasteiger partial charge < -0.3 is 10.2 Å². The summed E-state index contributed by atoms with van der Waals surface area (Å²) in [6, 6.07) is 3.99. The van der Waals surface area contributed by atoms with Gasteiger partial charge in [-0.25, -0.2) is 9.18 Å². The fraction of sp³-hybridized carbons (Fsp3) is 0.611. The molecule has 2 atom stereocenters. The van der Waals surface area contributed by atoms with Gasteiger partial charge in [0.05, 0.1) is 6.04 Å². The van der Waals surface area contributed by atoms with Gasteiger partial charge in [0.2, 0.25) is 0 Å². The van der Waals surface area contributed by atoms with E-state index in [1.54, 1.807) is 11.1 Å². The van der Waals surface area contributed by atoms with E-state index in [2.05, 4.69) is 10.3 Å². The maximum atomic E-state index is 14.9. The summed E-state index contributed by atoms with van der Waals surface area (Å²) >= 11 is 0. The summed E-state index contributed by atoms with van der Waals surface area (Å²) < 4.78 is 14.9. The highest BCUT2D eigenvalue weighted by atomic mass is 19.1. The number of halogens is 1. The third-order valence-corrected chi connectivity index (χ3v) is 5.98. The standard InChI is InChI=1S/C18H23FN4O3/c1-18-9-11(10-18)15(23(18)17(25)26)16(24)12-5-4-6-13(14(12)19)20-21-22-7-2-3-8-22/h4-6,11,15-16,24H,2-3,7-10H2,1H3,(H,25,26)/t11?,15?,16-,18?/m1/s1. The number of aliphatic hydroxyl groups excluding tert-OH is 1. The fourth-order valence-corrected chi connectivity index (χ4v) is 4.76. The second kappa shape index (κ2) is 6.19. The van der Waals surface area contributed by atoms with Gasteiger partial charge in [0.1, 0.15) is 11.8 Å². The maximum absolute atomic E-state index is 14.9. The number of carbonyl (C=O) groups is 1. The Balaban J connectivity index is 1.59. The van der Waals surface area contributed by atoms with Crippen molar-refractivity contribution in [1.82, 2.24) is 9.91 Å². The summed E-state index contributed by atoms with van der Waals surface area (Å²) in [7, 11) is 0. The Morgan fingerprint density at radius 2 is 2.04 bits per heavy atom. The van der Waals surface area contributed by atoms with E-state index in [4.69, 9.17) is 0 Å². The molecule has 1 aliphatic carbocycles. The number of hydrogen-bond donors (Lipinski definition) is 2. The molecule has 4 aliphatic rings. The summed E-state index contributed by atoms with van der Waals surface area (Å²) in [4.78, 5) is 13.0. The van der Waals surface area contributed by atoms with E-state index < -0.39 is 29.6 Å². The van der Waals surface area contributed by atoms with Crippen molar-refractivity contribution in [2.75, 3.05) is 13.1 Å². The molecule has 2 bridgehead atoms. The lowest BCUT2D eigenvalue weighted by molar-refractivity contribution is 0.0499. The molecule has 8 heteroatoms. The first kappa shape index (κ1) is 17.2. The van der Waals surface area contributed by atoms with Crippen molar-refractivity contribution in [2.24, 2.45) is 16.3 Å². The van der Waals surface area contributed by atoms with E-state index in [9.17, 15) is 19.4 Å². The van der Waals surface area contributed by atoms with Crippen molar-refractivity contribution < 1.29 is 19.4 Å². The van der Waals surface area contributed by atoms with Gasteiger partial charge in [-0.2, -0.15) is 0 Å².